The molecule has 1 atom stereocenters. The van der Waals surface area contributed by atoms with Gasteiger partial charge in [0.2, 0.25) is 0 Å². The van der Waals surface area contributed by atoms with Gasteiger partial charge in [0.15, 0.2) is 0 Å². The Labute approximate surface area is 124 Å². The molecular formula is C18H30N2. The van der Waals surface area contributed by atoms with E-state index in [1.54, 1.807) is 0 Å². The Bertz CT molecular complexity index is 377. The molecule has 2 nitrogen and oxygen atoms in total. The van der Waals surface area contributed by atoms with E-state index in [0.29, 0.717) is 12.0 Å². The summed E-state index contributed by atoms with van der Waals surface area (Å²) in [5.41, 5.74) is 2.90. The van der Waals surface area contributed by atoms with Gasteiger partial charge in [-0.15, -0.1) is 0 Å². The molecular weight excluding hydrogens is 244 g/mol. The molecule has 1 saturated heterocycles. The molecule has 2 heteroatoms. The van der Waals surface area contributed by atoms with E-state index in [-0.39, 0.29) is 0 Å². The van der Waals surface area contributed by atoms with Crippen LogP contribution in [0.4, 0.5) is 0 Å². The van der Waals surface area contributed by atoms with Crippen LogP contribution >= 0.6 is 0 Å². The van der Waals surface area contributed by atoms with Crippen LogP contribution in [0.5, 0.6) is 0 Å². The first-order chi connectivity index (χ1) is 9.65. The summed E-state index contributed by atoms with van der Waals surface area (Å²) >= 11 is 0. The van der Waals surface area contributed by atoms with Crippen LogP contribution in [-0.4, -0.2) is 30.6 Å². The zero-order valence-electron chi connectivity index (χ0n) is 13.4. The van der Waals surface area contributed by atoms with Crippen LogP contribution in [0.2, 0.25) is 0 Å². The zero-order valence-corrected chi connectivity index (χ0v) is 13.4. The quantitative estimate of drug-likeness (QED) is 0.849. The van der Waals surface area contributed by atoms with Gasteiger partial charge >= 0.3 is 0 Å². The minimum atomic E-state index is 0.566. The molecule has 1 heterocycles. The van der Waals surface area contributed by atoms with E-state index in [2.05, 4.69) is 55.3 Å². The molecule has 1 fully saturated rings. The highest BCUT2D eigenvalue weighted by Crippen LogP contribution is 2.17. The average molecular weight is 274 g/mol. The molecule has 0 spiro atoms. The second-order valence-corrected chi connectivity index (χ2v) is 6.54. The number of rotatable bonds is 6. The number of piperidine rings is 1. The van der Waals surface area contributed by atoms with Crippen molar-refractivity contribution in [2.75, 3.05) is 19.6 Å². The van der Waals surface area contributed by atoms with Gasteiger partial charge in [-0.2, -0.15) is 0 Å². The monoisotopic (exact) mass is 274 g/mol. The first kappa shape index (κ1) is 15.5. The molecule has 2 rings (SSSR count). The summed E-state index contributed by atoms with van der Waals surface area (Å²) in [6.45, 7) is 11.4. The minimum absolute atomic E-state index is 0.566. The van der Waals surface area contributed by atoms with Crippen LogP contribution in [0.25, 0.3) is 0 Å². The Morgan fingerprint density at radius 2 is 1.65 bits per heavy atom. The number of hydrogen-bond acceptors (Lipinski definition) is 2. The maximum absolute atomic E-state index is 3.52. The summed E-state index contributed by atoms with van der Waals surface area (Å²) in [6, 6.07) is 9.82. The molecule has 112 valence electrons. The van der Waals surface area contributed by atoms with Gasteiger partial charge in [-0.3, -0.25) is 4.90 Å². The van der Waals surface area contributed by atoms with Crippen LogP contribution < -0.4 is 5.32 Å². The van der Waals surface area contributed by atoms with Crippen molar-refractivity contribution >= 4 is 0 Å². The van der Waals surface area contributed by atoms with Gasteiger partial charge in [-0.05, 0) is 43.0 Å². The standard InChI is InChI=1S/C18H30N2/c1-15(2)19-13-16(3)18-9-7-17(8-10-18)14-20-11-5-4-6-12-20/h7-10,15-16,19H,4-6,11-14H2,1-3H3. The van der Waals surface area contributed by atoms with Crippen molar-refractivity contribution in [2.45, 2.75) is 58.5 Å². The third-order valence-electron chi connectivity index (χ3n) is 4.24. The molecule has 0 aliphatic carbocycles. The molecule has 1 aliphatic heterocycles. The lowest BCUT2D eigenvalue weighted by atomic mass is 9.99. The van der Waals surface area contributed by atoms with Crippen molar-refractivity contribution in [1.29, 1.82) is 0 Å². The summed E-state index contributed by atoms with van der Waals surface area (Å²) in [5, 5.41) is 3.52. The van der Waals surface area contributed by atoms with Gasteiger partial charge in [0, 0.05) is 19.1 Å². The number of benzene rings is 1. The second-order valence-electron chi connectivity index (χ2n) is 6.54. The first-order valence-corrected chi connectivity index (χ1v) is 8.19. The normalized spacial score (nSPS) is 18.4. The highest BCUT2D eigenvalue weighted by Gasteiger charge is 2.11. The molecule has 0 saturated carbocycles. The fourth-order valence-electron chi connectivity index (χ4n) is 2.86. The topological polar surface area (TPSA) is 15.3 Å². The van der Waals surface area contributed by atoms with Gasteiger partial charge < -0.3 is 5.32 Å². The van der Waals surface area contributed by atoms with Gasteiger partial charge in [-0.25, -0.2) is 0 Å². The predicted molar refractivity (Wildman–Crippen MR) is 87.1 cm³/mol. The zero-order chi connectivity index (χ0) is 14.4. The van der Waals surface area contributed by atoms with Crippen LogP contribution in [0, 0.1) is 0 Å². The molecule has 20 heavy (non-hydrogen) atoms. The molecule has 0 amide bonds. The molecule has 0 aromatic heterocycles. The third kappa shape index (κ3) is 4.92. The second kappa shape index (κ2) is 7.80. The van der Waals surface area contributed by atoms with Crippen LogP contribution in [0.1, 0.15) is 57.1 Å². The minimum Gasteiger partial charge on any atom is -0.314 e. The Kier molecular flexibility index (Phi) is 6.06. The summed E-state index contributed by atoms with van der Waals surface area (Å²) in [5.74, 6) is 0.585. The van der Waals surface area contributed by atoms with Gasteiger partial charge in [0.05, 0.1) is 0 Å². The molecule has 0 radical (unpaired) electrons. The van der Waals surface area contributed by atoms with Gasteiger partial charge in [-0.1, -0.05) is 51.5 Å². The molecule has 1 aromatic carbocycles. The van der Waals surface area contributed by atoms with E-state index in [0.717, 1.165) is 13.1 Å². The van der Waals surface area contributed by atoms with E-state index in [9.17, 15) is 0 Å². The van der Waals surface area contributed by atoms with E-state index < -0.39 is 0 Å². The predicted octanol–water partition coefficient (Wildman–Crippen LogP) is 3.77. The molecule has 1 N–H and O–H groups in total. The van der Waals surface area contributed by atoms with E-state index in [1.807, 2.05) is 0 Å². The number of hydrogen-bond donors (Lipinski definition) is 1. The molecule has 1 unspecified atom stereocenters. The Balaban J connectivity index is 1.85. The van der Waals surface area contributed by atoms with Gasteiger partial charge in [0.25, 0.3) is 0 Å². The fourth-order valence-corrected chi connectivity index (χ4v) is 2.86. The summed E-state index contributed by atoms with van der Waals surface area (Å²) in [7, 11) is 0. The number of likely N-dealkylation sites (tertiary alicyclic amines) is 1. The lowest BCUT2D eigenvalue weighted by Crippen LogP contribution is -2.29. The summed E-state index contributed by atoms with van der Waals surface area (Å²) in [6.07, 6.45) is 4.15. The van der Waals surface area contributed by atoms with Crippen molar-refractivity contribution in [2.24, 2.45) is 0 Å². The Hall–Kier alpha value is -0.860. The van der Waals surface area contributed by atoms with Crippen LogP contribution in [0.15, 0.2) is 24.3 Å². The number of nitrogens with one attached hydrogen (secondary N) is 1. The van der Waals surface area contributed by atoms with Gasteiger partial charge in [0.1, 0.15) is 0 Å². The smallest absolute Gasteiger partial charge is 0.0233 e. The van der Waals surface area contributed by atoms with Crippen molar-refractivity contribution in [3.63, 3.8) is 0 Å². The molecule has 1 aromatic rings. The van der Waals surface area contributed by atoms with Crippen molar-refractivity contribution in [3.05, 3.63) is 35.4 Å². The molecule has 1 aliphatic rings. The Morgan fingerprint density at radius 1 is 1.00 bits per heavy atom. The lowest BCUT2D eigenvalue weighted by molar-refractivity contribution is 0.221. The van der Waals surface area contributed by atoms with Crippen molar-refractivity contribution < 1.29 is 0 Å². The first-order valence-electron chi connectivity index (χ1n) is 8.19. The Morgan fingerprint density at radius 3 is 2.25 bits per heavy atom. The van der Waals surface area contributed by atoms with Crippen molar-refractivity contribution in [1.82, 2.24) is 10.2 Å². The van der Waals surface area contributed by atoms with Crippen LogP contribution in [-0.2, 0) is 6.54 Å². The van der Waals surface area contributed by atoms with E-state index in [4.69, 9.17) is 0 Å². The highest BCUT2D eigenvalue weighted by atomic mass is 15.1. The maximum atomic E-state index is 3.52. The van der Waals surface area contributed by atoms with E-state index in [1.165, 1.54) is 43.5 Å². The van der Waals surface area contributed by atoms with Crippen molar-refractivity contribution in [3.8, 4) is 0 Å². The lowest BCUT2D eigenvalue weighted by Gasteiger charge is -2.26. The van der Waals surface area contributed by atoms with E-state index >= 15 is 0 Å². The third-order valence-corrected chi connectivity index (χ3v) is 4.24. The largest absolute Gasteiger partial charge is 0.314 e. The summed E-state index contributed by atoms with van der Waals surface area (Å²) < 4.78 is 0. The SMILES string of the molecule is CC(C)NCC(C)c1ccc(CN2CCCCC2)cc1. The van der Waals surface area contributed by atoms with Crippen LogP contribution in [0.3, 0.4) is 0 Å². The fraction of sp³-hybridized carbons (Fsp3) is 0.667. The highest BCUT2D eigenvalue weighted by molar-refractivity contribution is 5.25. The molecule has 0 bridgehead atoms. The number of nitrogens with zero attached hydrogens (tertiary/aromatic N) is 1. The maximum Gasteiger partial charge on any atom is 0.0233 e. The average Bonchev–Trinajstić information content (AvgIpc) is 2.46. The summed E-state index contributed by atoms with van der Waals surface area (Å²) in [4.78, 5) is 2.59.